The summed E-state index contributed by atoms with van der Waals surface area (Å²) in [5, 5.41) is 7.01. The molecule has 4 saturated heterocycles. The van der Waals surface area contributed by atoms with Crippen molar-refractivity contribution in [3.63, 3.8) is 0 Å². The third kappa shape index (κ3) is 5.69. The van der Waals surface area contributed by atoms with E-state index in [-0.39, 0.29) is 0 Å². The molecule has 7 heteroatoms. The molecule has 1 unspecified atom stereocenters. The molecule has 0 aromatic heterocycles. The third-order valence-corrected chi connectivity index (χ3v) is 6.27. The smallest absolute Gasteiger partial charge is 0.191 e. The van der Waals surface area contributed by atoms with E-state index < -0.39 is 0 Å². The topological polar surface area (TPSA) is 55.4 Å². The summed E-state index contributed by atoms with van der Waals surface area (Å²) in [5.41, 5.74) is 2.68. The fourth-order valence-electron chi connectivity index (χ4n) is 4.50. The molecule has 1 aromatic carbocycles. The van der Waals surface area contributed by atoms with Crippen molar-refractivity contribution in [2.45, 2.75) is 26.1 Å². The molecule has 4 heterocycles. The van der Waals surface area contributed by atoms with Gasteiger partial charge in [0.1, 0.15) is 0 Å². The predicted octanol–water partition coefficient (Wildman–Crippen LogP) is 0.574. The van der Waals surface area contributed by atoms with Gasteiger partial charge in [0.15, 0.2) is 5.96 Å². The summed E-state index contributed by atoms with van der Waals surface area (Å²) in [7, 11) is 0. The molecule has 0 amide bonds. The second-order valence-corrected chi connectivity index (χ2v) is 8.22. The van der Waals surface area contributed by atoms with Crippen LogP contribution < -0.4 is 10.6 Å². The molecule has 1 atom stereocenters. The van der Waals surface area contributed by atoms with E-state index >= 15 is 0 Å². The number of nitrogens with zero attached hydrogens (tertiary/aromatic N) is 4. The maximum Gasteiger partial charge on any atom is 0.191 e. The van der Waals surface area contributed by atoms with E-state index in [0.29, 0.717) is 12.6 Å². The van der Waals surface area contributed by atoms with Crippen LogP contribution in [0.15, 0.2) is 29.3 Å². The second-order valence-electron chi connectivity index (χ2n) is 8.22. The van der Waals surface area contributed by atoms with Crippen molar-refractivity contribution in [1.82, 2.24) is 25.3 Å². The number of morpholine rings is 1. The van der Waals surface area contributed by atoms with Crippen LogP contribution in [0.5, 0.6) is 0 Å². The van der Waals surface area contributed by atoms with Crippen LogP contribution in [0.4, 0.5) is 0 Å². The maximum absolute atomic E-state index is 5.48. The molecule has 160 valence electrons. The molecule has 0 saturated carbocycles. The highest BCUT2D eigenvalue weighted by Gasteiger charge is 2.31. The Kier molecular flexibility index (Phi) is 7.38. The molecule has 5 rings (SSSR count). The van der Waals surface area contributed by atoms with Crippen LogP contribution in [-0.4, -0.2) is 98.8 Å². The van der Waals surface area contributed by atoms with Gasteiger partial charge < -0.3 is 15.4 Å². The van der Waals surface area contributed by atoms with Gasteiger partial charge in [0, 0.05) is 71.5 Å². The number of benzene rings is 1. The molecule has 1 aromatic rings. The number of ether oxygens (including phenoxy) is 1. The zero-order valence-corrected chi connectivity index (χ0v) is 17.8. The van der Waals surface area contributed by atoms with Crippen molar-refractivity contribution >= 4 is 5.96 Å². The lowest BCUT2D eigenvalue weighted by Crippen LogP contribution is -2.63. The molecule has 29 heavy (non-hydrogen) atoms. The zero-order chi connectivity index (χ0) is 19.9. The first-order chi connectivity index (χ1) is 14.3. The highest BCUT2D eigenvalue weighted by atomic mass is 16.5. The summed E-state index contributed by atoms with van der Waals surface area (Å²) in [5.74, 6) is 0.923. The predicted molar refractivity (Wildman–Crippen MR) is 117 cm³/mol. The third-order valence-electron chi connectivity index (χ3n) is 6.27. The van der Waals surface area contributed by atoms with Crippen molar-refractivity contribution in [2.75, 3.05) is 72.1 Å². The van der Waals surface area contributed by atoms with E-state index in [1.165, 1.54) is 43.9 Å². The van der Waals surface area contributed by atoms with Crippen LogP contribution in [0.25, 0.3) is 0 Å². The van der Waals surface area contributed by atoms with Gasteiger partial charge in [-0.05, 0) is 18.1 Å². The molecule has 0 radical (unpaired) electrons. The first-order valence-corrected chi connectivity index (χ1v) is 11.2. The molecule has 4 aliphatic heterocycles. The van der Waals surface area contributed by atoms with Crippen molar-refractivity contribution in [1.29, 1.82) is 0 Å². The lowest BCUT2D eigenvalue weighted by molar-refractivity contribution is 0.0154. The Morgan fingerprint density at radius 2 is 1.79 bits per heavy atom. The minimum Gasteiger partial charge on any atom is -0.379 e. The summed E-state index contributed by atoms with van der Waals surface area (Å²) >= 11 is 0. The summed E-state index contributed by atoms with van der Waals surface area (Å²) in [6.07, 6.45) is 0. The highest BCUT2D eigenvalue weighted by molar-refractivity contribution is 5.79. The van der Waals surface area contributed by atoms with Crippen LogP contribution in [0.3, 0.4) is 0 Å². The Balaban J connectivity index is 1.35. The number of hydrogen-bond donors (Lipinski definition) is 2. The largest absolute Gasteiger partial charge is 0.379 e. The van der Waals surface area contributed by atoms with Gasteiger partial charge in [-0.2, -0.15) is 0 Å². The van der Waals surface area contributed by atoms with Crippen LogP contribution in [0.1, 0.15) is 18.1 Å². The fourth-order valence-corrected chi connectivity index (χ4v) is 4.50. The maximum atomic E-state index is 5.48. The van der Waals surface area contributed by atoms with E-state index in [2.05, 4.69) is 56.5 Å². The number of aliphatic imine (C=N–C) groups is 1. The van der Waals surface area contributed by atoms with Crippen molar-refractivity contribution in [3.05, 3.63) is 35.4 Å². The summed E-state index contributed by atoms with van der Waals surface area (Å²) in [6, 6.07) is 9.29. The SMILES string of the molecule is CCNC(=NCc1ccccc1CN1CCOCC1)NCC1CN2CCN1CC2. The van der Waals surface area contributed by atoms with Gasteiger partial charge >= 0.3 is 0 Å². The Labute approximate surface area is 175 Å². The molecule has 2 N–H and O–H groups in total. The molecular weight excluding hydrogens is 364 g/mol. The summed E-state index contributed by atoms with van der Waals surface area (Å²) in [6.45, 7) is 15.4. The average molecular weight is 401 g/mol. The number of fused-ring (bicyclic) bond motifs is 3. The highest BCUT2D eigenvalue weighted by Crippen LogP contribution is 2.16. The number of hydrogen-bond acceptors (Lipinski definition) is 5. The van der Waals surface area contributed by atoms with E-state index in [0.717, 1.165) is 51.9 Å². The normalized spacial score (nSPS) is 27.8. The first-order valence-electron chi connectivity index (χ1n) is 11.2. The number of rotatable bonds is 7. The van der Waals surface area contributed by atoms with E-state index in [1.807, 2.05) is 0 Å². The Hall–Kier alpha value is -1.67. The number of piperazine rings is 3. The molecule has 2 bridgehead atoms. The number of nitrogens with one attached hydrogen (secondary N) is 2. The van der Waals surface area contributed by atoms with Gasteiger partial charge in [0.25, 0.3) is 0 Å². The van der Waals surface area contributed by atoms with Crippen molar-refractivity contribution in [3.8, 4) is 0 Å². The van der Waals surface area contributed by atoms with E-state index in [9.17, 15) is 0 Å². The quantitative estimate of drug-likeness (QED) is 0.516. The molecule has 0 aliphatic carbocycles. The van der Waals surface area contributed by atoms with Gasteiger partial charge in [-0.3, -0.25) is 14.7 Å². The van der Waals surface area contributed by atoms with Gasteiger partial charge in [-0.1, -0.05) is 24.3 Å². The summed E-state index contributed by atoms with van der Waals surface area (Å²) in [4.78, 5) is 12.6. The van der Waals surface area contributed by atoms with E-state index in [4.69, 9.17) is 9.73 Å². The monoisotopic (exact) mass is 400 g/mol. The van der Waals surface area contributed by atoms with Gasteiger partial charge in [-0.25, -0.2) is 4.99 Å². The number of guanidine groups is 1. The van der Waals surface area contributed by atoms with Gasteiger partial charge in [-0.15, -0.1) is 0 Å². The Morgan fingerprint density at radius 3 is 2.48 bits per heavy atom. The second kappa shape index (κ2) is 10.4. The zero-order valence-electron chi connectivity index (χ0n) is 17.8. The lowest BCUT2D eigenvalue weighted by Gasteiger charge is -2.47. The minimum atomic E-state index is 0.593. The Bertz CT molecular complexity index is 667. The van der Waals surface area contributed by atoms with Crippen LogP contribution in [0, 0.1) is 0 Å². The fraction of sp³-hybridized carbons (Fsp3) is 0.682. The van der Waals surface area contributed by atoms with Gasteiger partial charge in [0.2, 0.25) is 0 Å². The van der Waals surface area contributed by atoms with Crippen LogP contribution >= 0.6 is 0 Å². The van der Waals surface area contributed by atoms with Crippen LogP contribution in [-0.2, 0) is 17.8 Å². The first kappa shape index (κ1) is 20.6. The average Bonchev–Trinajstić information content (AvgIpc) is 2.78. The molecule has 7 nitrogen and oxygen atoms in total. The molecule has 4 fully saturated rings. The van der Waals surface area contributed by atoms with E-state index in [1.54, 1.807) is 0 Å². The molecule has 4 aliphatic rings. The van der Waals surface area contributed by atoms with Crippen molar-refractivity contribution in [2.24, 2.45) is 4.99 Å². The minimum absolute atomic E-state index is 0.593. The Morgan fingerprint density at radius 1 is 1.03 bits per heavy atom. The molecular formula is C22H36N6O. The van der Waals surface area contributed by atoms with Crippen LogP contribution in [0.2, 0.25) is 0 Å². The standard InChI is InChI=1S/C22H36N6O/c1-2-23-22(25-16-21-18-26-7-9-28(21)10-8-26)24-15-19-5-3-4-6-20(19)17-27-11-13-29-14-12-27/h3-6,21H,2,7-18H2,1H3,(H2,23,24,25). The molecule has 0 spiro atoms. The van der Waals surface area contributed by atoms with Crippen molar-refractivity contribution < 1.29 is 4.74 Å². The van der Waals surface area contributed by atoms with Gasteiger partial charge in [0.05, 0.1) is 19.8 Å². The lowest BCUT2D eigenvalue weighted by atomic mass is 10.1. The summed E-state index contributed by atoms with van der Waals surface area (Å²) < 4.78 is 5.48.